The highest BCUT2D eigenvalue weighted by Crippen LogP contribution is 2.15. The van der Waals surface area contributed by atoms with Crippen molar-refractivity contribution in [3.05, 3.63) is 64.1 Å². The lowest BCUT2D eigenvalue weighted by atomic mass is 10.1. The van der Waals surface area contributed by atoms with Crippen LogP contribution in [0, 0.1) is 0 Å². The number of carbonyl (C=O) groups excluding carboxylic acids is 1. The van der Waals surface area contributed by atoms with E-state index in [2.05, 4.69) is 36.6 Å². The quantitative estimate of drug-likeness (QED) is 0.725. The first-order valence-corrected chi connectivity index (χ1v) is 7.27. The van der Waals surface area contributed by atoms with Crippen molar-refractivity contribution in [2.24, 2.45) is 0 Å². The molecular formula is C15H11BrN4O2. The van der Waals surface area contributed by atoms with Gasteiger partial charge in [0.15, 0.2) is 0 Å². The number of H-pyrrole nitrogens is 1. The largest absolute Gasteiger partial charge is 0.457 e. The zero-order valence-corrected chi connectivity index (χ0v) is 12.9. The van der Waals surface area contributed by atoms with E-state index in [9.17, 15) is 4.79 Å². The van der Waals surface area contributed by atoms with Crippen LogP contribution in [0.15, 0.2) is 53.0 Å². The molecule has 3 rings (SSSR count). The maximum absolute atomic E-state index is 12.0. The fourth-order valence-electron chi connectivity index (χ4n) is 1.85. The minimum Gasteiger partial charge on any atom is -0.457 e. The second-order valence-electron chi connectivity index (χ2n) is 4.52. The number of hydrogen-bond donors (Lipinski definition) is 1. The number of benzene rings is 2. The Morgan fingerprint density at radius 1 is 1.09 bits per heavy atom. The summed E-state index contributed by atoms with van der Waals surface area (Å²) in [4.78, 5) is 12.0. The van der Waals surface area contributed by atoms with Gasteiger partial charge in [-0.25, -0.2) is 4.79 Å². The molecule has 0 aliphatic rings. The van der Waals surface area contributed by atoms with Gasteiger partial charge in [-0.2, -0.15) is 5.21 Å². The second kappa shape index (κ2) is 6.48. The summed E-state index contributed by atoms with van der Waals surface area (Å²) in [6.45, 7) is 0.235. The first kappa shape index (κ1) is 14.4. The van der Waals surface area contributed by atoms with Crippen molar-refractivity contribution in [1.29, 1.82) is 0 Å². The highest BCUT2D eigenvalue weighted by atomic mass is 79.9. The van der Waals surface area contributed by atoms with Gasteiger partial charge in [0.1, 0.15) is 6.61 Å². The molecule has 110 valence electrons. The Morgan fingerprint density at radius 3 is 2.45 bits per heavy atom. The molecule has 22 heavy (non-hydrogen) atoms. The molecular weight excluding hydrogens is 348 g/mol. The van der Waals surface area contributed by atoms with E-state index in [1.165, 1.54) is 0 Å². The van der Waals surface area contributed by atoms with Crippen molar-refractivity contribution in [3.8, 4) is 11.4 Å². The van der Waals surface area contributed by atoms with Crippen molar-refractivity contribution in [3.63, 3.8) is 0 Å². The fraction of sp³-hybridized carbons (Fsp3) is 0.0667. The van der Waals surface area contributed by atoms with Crippen molar-refractivity contribution in [2.45, 2.75) is 6.61 Å². The second-order valence-corrected chi connectivity index (χ2v) is 5.43. The van der Waals surface area contributed by atoms with Gasteiger partial charge in [-0.05, 0) is 35.0 Å². The lowest BCUT2D eigenvalue weighted by molar-refractivity contribution is 0.0472. The predicted molar refractivity (Wildman–Crippen MR) is 82.9 cm³/mol. The third kappa shape index (κ3) is 3.37. The summed E-state index contributed by atoms with van der Waals surface area (Å²) in [5.74, 6) is 0.109. The van der Waals surface area contributed by atoms with Crippen molar-refractivity contribution >= 4 is 21.9 Å². The summed E-state index contributed by atoms with van der Waals surface area (Å²) in [7, 11) is 0. The highest BCUT2D eigenvalue weighted by molar-refractivity contribution is 9.10. The van der Waals surface area contributed by atoms with Crippen LogP contribution < -0.4 is 0 Å². The van der Waals surface area contributed by atoms with Crippen LogP contribution in [0.4, 0.5) is 0 Å². The third-order valence-corrected chi connectivity index (χ3v) is 3.54. The van der Waals surface area contributed by atoms with E-state index >= 15 is 0 Å². The molecule has 0 saturated heterocycles. The number of halogens is 1. The molecule has 0 atom stereocenters. The molecule has 0 unspecified atom stereocenters. The Labute approximate surface area is 134 Å². The first-order valence-electron chi connectivity index (χ1n) is 6.48. The van der Waals surface area contributed by atoms with Crippen LogP contribution in [0.25, 0.3) is 11.4 Å². The van der Waals surface area contributed by atoms with Crippen LogP contribution in [0.3, 0.4) is 0 Å². The van der Waals surface area contributed by atoms with Crippen molar-refractivity contribution < 1.29 is 9.53 Å². The number of rotatable bonds is 4. The molecule has 0 fully saturated rings. The molecule has 0 bridgehead atoms. The minimum atomic E-state index is -0.373. The molecule has 0 spiro atoms. The van der Waals surface area contributed by atoms with Crippen LogP contribution in [0.5, 0.6) is 0 Å². The molecule has 0 saturated carbocycles. The van der Waals surface area contributed by atoms with Crippen LogP contribution >= 0.6 is 15.9 Å². The monoisotopic (exact) mass is 358 g/mol. The van der Waals surface area contributed by atoms with Crippen LogP contribution in [0.1, 0.15) is 15.9 Å². The molecule has 0 amide bonds. The summed E-state index contributed by atoms with van der Waals surface area (Å²) in [6, 6.07) is 14.5. The number of carbonyl (C=O) groups is 1. The molecule has 0 radical (unpaired) electrons. The number of hydrogen-bond acceptors (Lipinski definition) is 5. The number of aromatic amines is 1. The van der Waals surface area contributed by atoms with Crippen LogP contribution in [-0.4, -0.2) is 26.6 Å². The van der Waals surface area contributed by atoms with E-state index in [4.69, 9.17) is 4.74 Å². The van der Waals surface area contributed by atoms with E-state index in [1.807, 2.05) is 24.3 Å². The summed E-state index contributed by atoms with van der Waals surface area (Å²) in [5, 5.41) is 13.6. The van der Waals surface area contributed by atoms with Gasteiger partial charge in [-0.3, -0.25) is 0 Å². The molecule has 1 heterocycles. The topological polar surface area (TPSA) is 80.8 Å². The minimum absolute atomic E-state index is 0.235. The summed E-state index contributed by atoms with van der Waals surface area (Å²) in [6.07, 6.45) is 0. The Kier molecular flexibility index (Phi) is 4.24. The third-order valence-electron chi connectivity index (χ3n) is 3.01. The maximum Gasteiger partial charge on any atom is 0.338 e. The lowest BCUT2D eigenvalue weighted by Crippen LogP contribution is -2.05. The average Bonchev–Trinajstić information content (AvgIpc) is 3.09. The number of nitrogens with one attached hydrogen (secondary N) is 1. The van der Waals surface area contributed by atoms with Gasteiger partial charge in [-0.1, -0.05) is 40.2 Å². The van der Waals surface area contributed by atoms with Crippen molar-refractivity contribution in [1.82, 2.24) is 20.6 Å². The van der Waals surface area contributed by atoms with Gasteiger partial charge >= 0.3 is 5.97 Å². The zero-order chi connectivity index (χ0) is 15.4. The number of esters is 1. The molecule has 0 aliphatic heterocycles. The van der Waals surface area contributed by atoms with E-state index in [0.717, 1.165) is 15.6 Å². The van der Waals surface area contributed by atoms with E-state index in [0.29, 0.717) is 11.4 Å². The van der Waals surface area contributed by atoms with Crippen molar-refractivity contribution in [2.75, 3.05) is 0 Å². The fourth-order valence-corrected chi connectivity index (χ4v) is 2.12. The first-order chi connectivity index (χ1) is 10.7. The van der Waals surface area contributed by atoms with Gasteiger partial charge in [-0.15, -0.1) is 10.2 Å². The van der Waals surface area contributed by atoms with E-state index < -0.39 is 0 Å². The Morgan fingerprint density at radius 2 is 1.82 bits per heavy atom. The normalized spacial score (nSPS) is 10.4. The smallest absolute Gasteiger partial charge is 0.338 e. The van der Waals surface area contributed by atoms with Gasteiger partial charge in [0, 0.05) is 10.0 Å². The molecule has 0 aliphatic carbocycles. The molecule has 6 nitrogen and oxygen atoms in total. The molecule has 3 aromatic rings. The van der Waals surface area contributed by atoms with Crippen LogP contribution in [-0.2, 0) is 11.3 Å². The van der Waals surface area contributed by atoms with Gasteiger partial charge in [0.05, 0.1) is 5.56 Å². The van der Waals surface area contributed by atoms with E-state index in [-0.39, 0.29) is 12.6 Å². The predicted octanol–water partition coefficient (Wildman–Crippen LogP) is 2.99. The van der Waals surface area contributed by atoms with E-state index in [1.54, 1.807) is 24.3 Å². The average molecular weight is 359 g/mol. The summed E-state index contributed by atoms with van der Waals surface area (Å²) >= 11 is 3.36. The standard InChI is InChI=1S/C15H11BrN4O2/c16-13-7-1-10(2-8-13)9-22-15(21)12-5-3-11(4-6-12)14-17-19-20-18-14/h1-8H,9H2,(H,17,18,19,20). The number of nitrogens with zero attached hydrogens (tertiary/aromatic N) is 3. The lowest BCUT2D eigenvalue weighted by Gasteiger charge is -2.05. The van der Waals surface area contributed by atoms with Crippen LogP contribution in [0.2, 0.25) is 0 Å². The Bertz CT molecular complexity index is 755. The molecule has 7 heteroatoms. The summed E-state index contributed by atoms with van der Waals surface area (Å²) < 4.78 is 6.27. The SMILES string of the molecule is O=C(OCc1ccc(Br)cc1)c1ccc(-c2nn[nH]n2)cc1. The Hall–Kier alpha value is -2.54. The maximum atomic E-state index is 12.0. The number of ether oxygens (including phenoxy) is 1. The molecule has 2 aromatic carbocycles. The highest BCUT2D eigenvalue weighted by Gasteiger charge is 2.09. The summed E-state index contributed by atoms with van der Waals surface area (Å²) in [5.41, 5.74) is 2.18. The van der Waals surface area contributed by atoms with Gasteiger partial charge in [0.25, 0.3) is 0 Å². The van der Waals surface area contributed by atoms with Gasteiger partial charge in [0.2, 0.25) is 5.82 Å². The molecule has 1 N–H and O–H groups in total. The number of tetrazole rings is 1. The van der Waals surface area contributed by atoms with Gasteiger partial charge < -0.3 is 4.74 Å². The zero-order valence-electron chi connectivity index (χ0n) is 11.4. The Balaban J connectivity index is 1.63. The molecule has 1 aromatic heterocycles. The number of aromatic nitrogens is 4.